The predicted molar refractivity (Wildman–Crippen MR) is 84.4 cm³/mol. The number of esters is 1. The summed E-state index contributed by atoms with van der Waals surface area (Å²) < 4.78 is 7.36. The molecule has 5 nitrogen and oxygen atoms in total. The second-order valence-electron chi connectivity index (χ2n) is 4.49. The Hall–Kier alpha value is -1.47. The zero-order valence-electron chi connectivity index (χ0n) is 11.3. The SMILES string of the molecule is O=C(OCCn1cncn1)c1ccc(C2SCCS2)cc1. The van der Waals surface area contributed by atoms with Gasteiger partial charge < -0.3 is 4.74 Å². The second kappa shape index (κ2) is 7.00. The molecule has 0 radical (unpaired) electrons. The molecule has 1 aromatic carbocycles. The lowest BCUT2D eigenvalue weighted by Gasteiger charge is -2.09. The number of carbonyl (C=O) groups is 1. The van der Waals surface area contributed by atoms with E-state index >= 15 is 0 Å². The van der Waals surface area contributed by atoms with Gasteiger partial charge in [-0.05, 0) is 17.7 Å². The van der Waals surface area contributed by atoms with E-state index in [4.69, 9.17) is 4.74 Å². The lowest BCUT2D eigenvalue weighted by molar-refractivity contribution is 0.0487. The summed E-state index contributed by atoms with van der Waals surface area (Å²) in [5, 5.41) is 3.95. The summed E-state index contributed by atoms with van der Waals surface area (Å²) in [6.45, 7) is 0.803. The van der Waals surface area contributed by atoms with Gasteiger partial charge in [0.25, 0.3) is 0 Å². The van der Waals surface area contributed by atoms with Crippen LogP contribution in [0.2, 0.25) is 0 Å². The Morgan fingerprint density at radius 1 is 1.29 bits per heavy atom. The Morgan fingerprint density at radius 3 is 2.71 bits per heavy atom. The first-order chi connectivity index (χ1) is 10.3. The molecule has 0 saturated carbocycles. The van der Waals surface area contributed by atoms with Gasteiger partial charge >= 0.3 is 5.97 Å². The van der Waals surface area contributed by atoms with Crippen molar-refractivity contribution in [3.05, 3.63) is 48.0 Å². The number of rotatable bonds is 5. The first-order valence-electron chi connectivity index (χ1n) is 6.65. The largest absolute Gasteiger partial charge is 0.460 e. The maximum atomic E-state index is 11.9. The van der Waals surface area contributed by atoms with Crippen LogP contribution in [0.4, 0.5) is 0 Å². The van der Waals surface area contributed by atoms with Crippen LogP contribution in [0.1, 0.15) is 20.5 Å². The number of nitrogens with zero attached hydrogens (tertiary/aromatic N) is 3. The van der Waals surface area contributed by atoms with Gasteiger partial charge in [0, 0.05) is 11.5 Å². The van der Waals surface area contributed by atoms with E-state index in [9.17, 15) is 4.79 Å². The van der Waals surface area contributed by atoms with Crippen molar-refractivity contribution in [1.82, 2.24) is 14.8 Å². The third-order valence-electron chi connectivity index (χ3n) is 3.06. The van der Waals surface area contributed by atoms with E-state index < -0.39 is 0 Å². The lowest BCUT2D eigenvalue weighted by Crippen LogP contribution is -2.11. The molecular weight excluding hydrogens is 306 g/mol. The van der Waals surface area contributed by atoms with E-state index in [2.05, 4.69) is 10.1 Å². The summed E-state index contributed by atoms with van der Waals surface area (Å²) in [5.74, 6) is 2.09. The van der Waals surface area contributed by atoms with Crippen LogP contribution in [0, 0.1) is 0 Å². The van der Waals surface area contributed by atoms with Crippen LogP contribution in [0.15, 0.2) is 36.9 Å². The molecule has 1 aliphatic rings. The maximum Gasteiger partial charge on any atom is 0.338 e. The summed E-state index contributed by atoms with van der Waals surface area (Å²) >= 11 is 3.91. The first-order valence-corrected chi connectivity index (χ1v) is 8.75. The highest BCUT2D eigenvalue weighted by molar-refractivity contribution is 8.19. The molecule has 1 saturated heterocycles. The van der Waals surface area contributed by atoms with E-state index in [0.717, 1.165) is 0 Å². The van der Waals surface area contributed by atoms with E-state index in [1.807, 2.05) is 47.8 Å². The molecule has 1 fully saturated rings. The van der Waals surface area contributed by atoms with E-state index in [-0.39, 0.29) is 12.6 Å². The Balaban J connectivity index is 1.52. The van der Waals surface area contributed by atoms with Gasteiger partial charge in [-0.1, -0.05) is 12.1 Å². The van der Waals surface area contributed by atoms with Crippen LogP contribution in [0.5, 0.6) is 0 Å². The van der Waals surface area contributed by atoms with Gasteiger partial charge in [-0.3, -0.25) is 0 Å². The third-order valence-corrected chi connectivity index (χ3v) is 6.16. The Bertz CT molecular complexity index is 581. The van der Waals surface area contributed by atoms with Gasteiger partial charge in [0.2, 0.25) is 0 Å². The number of carbonyl (C=O) groups excluding carboxylic acids is 1. The zero-order chi connectivity index (χ0) is 14.5. The van der Waals surface area contributed by atoms with Crippen molar-refractivity contribution < 1.29 is 9.53 Å². The number of hydrogen-bond acceptors (Lipinski definition) is 6. The minimum absolute atomic E-state index is 0.290. The van der Waals surface area contributed by atoms with E-state index in [1.54, 1.807) is 11.0 Å². The van der Waals surface area contributed by atoms with Gasteiger partial charge in [-0.25, -0.2) is 14.5 Å². The minimum atomic E-state index is -0.298. The molecule has 1 aromatic heterocycles. The fraction of sp³-hybridized carbons (Fsp3) is 0.357. The summed E-state index contributed by atoms with van der Waals surface area (Å²) in [4.78, 5) is 15.8. The average molecular weight is 321 g/mol. The Labute approximate surface area is 131 Å². The number of hydrogen-bond donors (Lipinski definition) is 0. The highest BCUT2D eigenvalue weighted by Gasteiger charge is 2.18. The molecule has 3 rings (SSSR count). The third kappa shape index (κ3) is 3.79. The van der Waals surface area contributed by atoms with Crippen LogP contribution < -0.4 is 0 Å². The van der Waals surface area contributed by atoms with Crippen molar-refractivity contribution in [1.29, 1.82) is 0 Å². The molecule has 110 valence electrons. The summed E-state index contributed by atoms with van der Waals surface area (Å²) in [6.07, 6.45) is 3.05. The van der Waals surface area contributed by atoms with Gasteiger partial charge in [-0.2, -0.15) is 5.10 Å². The van der Waals surface area contributed by atoms with E-state index in [0.29, 0.717) is 16.7 Å². The molecular formula is C14H15N3O2S2. The molecule has 0 bridgehead atoms. The molecule has 2 aromatic rings. The molecule has 2 heterocycles. The quantitative estimate of drug-likeness (QED) is 0.789. The summed E-state index contributed by atoms with van der Waals surface area (Å²) in [7, 11) is 0. The first kappa shape index (κ1) is 14.5. The maximum absolute atomic E-state index is 11.9. The van der Waals surface area contributed by atoms with Crippen molar-refractivity contribution in [2.75, 3.05) is 18.1 Å². The molecule has 0 atom stereocenters. The number of ether oxygens (including phenoxy) is 1. The van der Waals surface area contributed by atoms with Gasteiger partial charge in [-0.15, -0.1) is 23.5 Å². The molecule has 1 aliphatic heterocycles. The number of aromatic nitrogens is 3. The average Bonchev–Trinajstić information content (AvgIpc) is 3.21. The topological polar surface area (TPSA) is 57.0 Å². The fourth-order valence-corrected chi connectivity index (χ4v) is 4.85. The Kier molecular flexibility index (Phi) is 4.82. The van der Waals surface area contributed by atoms with Crippen LogP contribution in [-0.4, -0.2) is 38.8 Å². The fourth-order valence-electron chi connectivity index (χ4n) is 1.99. The standard InChI is InChI=1S/C14H15N3O2S2/c18-13(19-6-5-17-10-15-9-16-17)11-1-3-12(4-2-11)14-20-7-8-21-14/h1-4,9-10,14H,5-8H2. The van der Waals surface area contributed by atoms with Crippen LogP contribution >= 0.6 is 23.5 Å². The lowest BCUT2D eigenvalue weighted by atomic mass is 10.1. The van der Waals surface area contributed by atoms with Crippen LogP contribution in [-0.2, 0) is 11.3 Å². The summed E-state index contributed by atoms with van der Waals surface area (Å²) in [6, 6.07) is 7.72. The van der Waals surface area contributed by atoms with Crippen molar-refractivity contribution in [3.8, 4) is 0 Å². The van der Waals surface area contributed by atoms with E-state index in [1.165, 1.54) is 23.4 Å². The normalized spacial score (nSPS) is 15.2. The van der Waals surface area contributed by atoms with Crippen molar-refractivity contribution in [3.63, 3.8) is 0 Å². The van der Waals surface area contributed by atoms with Gasteiger partial charge in [0.05, 0.1) is 16.7 Å². The van der Waals surface area contributed by atoms with Gasteiger partial charge in [0.1, 0.15) is 19.3 Å². The van der Waals surface area contributed by atoms with Crippen LogP contribution in [0.3, 0.4) is 0 Å². The predicted octanol–water partition coefficient (Wildman–Crippen LogP) is 2.61. The molecule has 0 unspecified atom stereocenters. The van der Waals surface area contributed by atoms with Gasteiger partial charge in [0.15, 0.2) is 0 Å². The number of thioether (sulfide) groups is 2. The Morgan fingerprint density at radius 2 is 2.05 bits per heavy atom. The highest BCUT2D eigenvalue weighted by Crippen LogP contribution is 2.45. The molecule has 0 aliphatic carbocycles. The van der Waals surface area contributed by atoms with Crippen LogP contribution in [0.25, 0.3) is 0 Å². The highest BCUT2D eigenvalue weighted by atomic mass is 32.2. The molecule has 0 N–H and O–H groups in total. The van der Waals surface area contributed by atoms with Crippen molar-refractivity contribution >= 4 is 29.5 Å². The molecule has 0 amide bonds. The minimum Gasteiger partial charge on any atom is -0.460 e. The van der Waals surface area contributed by atoms with Crippen molar-refractivity contribution in [2.45, 2.75) is 11.1 Å². The molecule has 21 heavy (non-hydrogen) atoms. The zero-order valence-corrected chi connectivity index (χ0v) is 13.0. The van der Waals surface area contributed by atoms with Crippen molar-refractivity contribution in [2.24, 2.45) is 0 Å². The smallest absolute Gasteiger partial charge is 0.338 e. The summed E-state index contributed by atoms with van der Waals surface area (Å²) in [5.41, 5.74) is 1.85. The number of benzene rings is 1. The molecule has 0 spiro atoms. The molecule has 7 heteroatoms. The monoisotopic (exact) mass is 321 g/mol. The second-order valence-corrected chi connectivity index (χ2v) is 7.21.